The highest BCUT2D eigenvalue weighted by Crippen LogP contribution is 2.14. The molecule has 0 atom stereocenters. The zero-order chi connectivity index (χ0) is 10.4. The van der Waals surface area contributed by atoms with Crippen LogP contribution in [0, 0.1) is 10.8 Å². The number of hydrogen-bond donors (Lipinski definition) is 1. The van der Waals surface area contributed by atoms with Gasteiger partial charge in [-0.25, -0.2) is 0 Å². The van der Waals surface area contributed by atoms with Gasteiger partial charge in [0.05, 0.1) is 0 Å². The van der Waals surface area contributed by atoms with Crippen LogP contribution in [0.5, 0.6) is 0 Å². The Labute approximate surface area is 82.5 Å². The predicted octanol–water partition coefficient (Wildman–Crippen LogP) is 2.78. The standard InChI is InChI=1S/C6H13N.Cl2O2S/c1-4-6(2,3)5-7;1-5(2,3)4/h5,7H,4H2,1-3H3;. The van der Waals surface area contributed by atoms with Gasteiger partial charge in [0.25, 0.3) is 0 Å². The van der Waals surface area contributed by atoms with Crippen molar-refractivity contribution in [3.63, 3.8) is 0 Å². The monoisotopic (exact) mass is 233 g/mol. The first-order valence-corrected chi connectivity index (χ1v) is 6.42. The van der Waals surface area contributed by atoms with Crippen molar-refractivity contribution in [3.8, 4) is 0 Å². The van der Waals surface area contributed by atoms with Crippen molar-refractivity contribution in [1.29, 1.82) is 5.41 Å². The second-order valence-electron chi connectivity index (χ2n) is 2.86. The van der Waals surface area contributed by atoms with Crippen molar-refractivity contribution >= 4 is 35.8 Å². The van der Waals surface area contributed by atoms with Crippen LogP contribution < -0.4 is 0 Å². The fourth-order valence-corrected chi connectivity index (χ4v) is 0.102. The Morgan fingerprint density at radius 3 is 1.67 bits per heavy atom. The van der Waals surface area contributed by atoms with Gasteiger partial charge in [-0.1, -0.05) is 20.8 Å². The minimum Gasteiger partial charge on any atom is -0.313 e. The summed E-state index contributed by atoms with van der Waals surface area (Å²) in [7, 11) is 4.81. The summed E-state index contributed by atoms with van der Waals surface area (Å²) >= 11 is 0. The topological polar surface area (TPSA) is 58.0 Å². The highest BCUT2D eigenvalue weighted by molar-refractivity contribution is 8.31. The molecule has 0 spiro atoms. The van der Waals surface area contributed by atoms with E-state index in [4.69, 9.17) is 13.8 Å². The van der Waals surface area contributed by atoms with Crippen LogP contribution in [0.2, 0.25) is 0 Å². The summed E-state index contributed by atoms with van der Waals surface area (Å²) in [6.07, 6.45) is 2.55. The zero-order valence-electron chi connectivity index (χ0n) is 7.27. The average molecular weight is 234 g/mol. The molecular formula is C6H13Cl2NO2S. The Hall–Kier alpha value is 0.200. The molecule has 0 fully saturated rings. The molecule has 0 heterocycles. The number of rotatable bonds is 2. The lowest BCUT2D eigenvalue weighted by atomic mass is 9.92. The Bertz CT molecular complexity index is 216. The van der Waals surface area contributed by atoms with Crippen LogP contribution in [0.25, 0.3) is 0 Å². The van der Waals surface area contributed by atoms with Gasteiger partial charge < -0.3 is 5.41 Å². The summed E-state index contributed by atoms with van der Waals surface area (Å²) in [5, 5.41) is 6.88. The molecule has 6 heteroatoms. The highest BCUT2D eigenvalue weighted by Gasteiger charge is 2.08. The van der Waals surface area contributed by atoms with E-state index in [-0.39, 0.29) is 5.41 Å². The molecule has 1 N–H and O–H groups in total. The molecule has 0 saturated heterocycles. The van der Waals surface area contributed by atoms with Gasteiger partial charge in [0.15, 0.2) is 0 Å². The third-order valence-electron chi connectivity index (χ3n) is 1.30. The molecule has 0 aliphatic carbocycles. The number of hydrogen-bond acceptors (Lipinski definition) is 3. The fourth-order valence-electron chi connectivity index (χ4n) is 0.102. The second-order valence-corrected chi connectivity index (χ2v) is 6.53. The number of nitrogens with one attached hydrogen (secondary N) is 1. The largest absolute Gasteiger partial charge is 0.317 e. The van der Waals surface area contributed by atoms with E-state index in [1.165, 1.54) is 6.21 Å². The van der Waals surface area contributed by atoms with E-state index in [9.17, 15) is 0 Å². The van der Waals surface area contributed by atoms with Crippen molar-refractivity contribution in [2.45, 2.75) is 27.2 Å². The van der Waals surface area contributed by atoms with Gasteiger partial charge >= 0.3 is 8.26 Å². The van der Waals surface area contributed by atoms with Gasteiger partial charge in [-0.3, -0.25) is 0 Å². The molecule has 0 amide bonds. The third-order valence-corrected chi connectivity index (χ3v) is 1.30. The van der Waals surface area contributed by atoms with Gasteiger partial charge in [0.2, 0.25) is 0 Å². The van der Waals surface area contributed by atoms with Crippen molar-refractivity contribution in [3.05, 3.63) is 0 Å². The van der Waals surface area contributed by atoms with Crippen LogP contribution >= 0.6 is 21.4 Å². The lowest BCUT2D eigenvalue weighted by Crippen LogP contribution is -2.09. The van der Waals surface area contributed by atoms with Crippen molar-refractivity contribution < 1.29 is 8.42 Å². The van der Waals surface area contributed by atoms with Gasteiger partial charge in [-0.2, -0.15) is 8.42 Å². The van der Waals surface area contributed by atoms with E-state index in [1.807, 2.05) is 0 Å². The SMILES string of the molecule is CCC(C)(C)C=N.O=S(=O)(Cl)Cl. The molecule has 0 aromatic carbocycles. The van der Waals surface area contributed by atoms with Crippen LogP contribution in [0.15, 0.2) is 0 Å². The van der Waals surface area contributed by atoms with Gasteiger partial charge in [-0.05, 0) is 11.8 Å². The lowest BCUT2D eigenvalue weighted by Gasteiger charge is -2.13. The summed E-state index contributed by atoms with van der Waals surface area (Å²) in [5.74, 6) is 0. The summed E-state index contributed by atoms with van der Waals surface area (Å²) in [6, 6.07) is 0. The first-order valence-electron chi connectivity index (χ1n) is 3.28. The van der Waals surface area contributed by atoms with Crippen molar-refractivity contribution in [2.24, 2.45) is 5.41 Å². The maximum Gasteiger partial charge on any atom is 0.317 e. The van der Waals surface area contributed by atoms with E-state index in [2.05, 4.69) is 42.1 Å². The molecule has 0 aliphatic heterocycles. The molecule has 0 saturated carbocycles. The van der Waals surface area contributed by atoms with Crippen LogP contribution in [-0.2, 0) is 8.26 Å². The Kier molecular flexibility index (Phi) is 7.08. The minimum atomic E-state index is -3.72. The zero-order valence-corrected chi connectivity index (χ0v) is 9.59. The van der Waals surface area contributed by atoms with E-state index >= 15 is 0 Å². The van der Waals surface area contributed by atoms with Crippen LogP contribution in [0.4, 0.5) is 0 Å². The molecule has 3 nitrogen and oxygen atoms in total. The Morgan fingerprint density at radius 2 is 1.67 bits per heavy atom. The highest BCUT2D eigenvalue weighted by atomic mass is 36.0. The predicted molar refractivity (Wildman–Crippen MR) is 53.5 cm³/mol. The molecule has 0 aromatic heterocycles. The summed E-state index contributed by atoms with van der Waals surface area (Å²) < 4.78 is 18.3. The van der Waals surface area contributed by atoms with Crippen LogP contribution in [0.1, 0.15) is 27.2 Å². The Morgan fingerprint density at radius 1 is 1.42 bits per heavy atom. The quantitative estimate of drug-likeness (QED) is 0.589. The molecule has 0 aliphatic rings. The van der Waals surface area contributed by atoms with E-state index in [1.54, 1.807) is 0 Å². The summed E-state index contributed by atoms with van der Waals surface area (Å²) in [6.45, 7) is 6.20. The fraction of sp³-hybridized carbons (Fsp3) is 0.833. The smallest absolute Gasteiger partial charge is 0.313 e. The molecule has 12 heavy (non-hydrogen) atoms. The average Bonchev–Trinajstić information content (AvgIpc) is 1.85. The molecule has 0 aromatic rings. The number of halogens is 2. The van der Waals surface area contributed by atoms with E-state index < -0.39 is 8.26 Å². The second kappa shape index (κ2) is 5.78. The normalized spacial score (nSPS) is 11.4. The summed E-state index contributed by atoms with van der Waals surface area (Å²) in [4.78, 5) is 0. The Balaban J connectivity index is 0. The van der Waals surface area contributed by atoms with Crippen LogP contribution in [-0.4, -0.2) is 14.6 Å². The van der Waals surface area contributed by atoms with Crippen molar-refractivity contribution in [1.82, 2.24) is 0 Å². The third kappa shape index (κ3) is 22.5. The molecule has 0 unspecified atom stereocenters. The van der Waals surface area contributed by atoms with Gasteiger partial charge in [0.1, 0.15) is 0 Å². The minimum absolute atomic E-state index is 0.125. The van der Waals surface area contributed by atoms with Crippen molar-refractivity contribution in [2.75, 3.05) is 0 Å². The summed E-state index contributed by atoms with van der Waals surface area (Å²) in [5.41, 5.74) is 0.125. The van der Waals surface area contributed by atoms with E-state index in [0.29, 0.717) is 0 Å². The maximum atomic E-state index is 9.16. The van der Waals surface area contributed by atoms with Crippen LogP contribution in [0.3, 0.4) is 0 Å². The first-order chi connectivity index (χ1) is 5.12. The molecule has 0 radical (unpaired) electrons. The van der Waals surface area contributed by atoms with Gasteiger partial charge in [0, 0.05) is 27.6 Å². The molecule has 0 bridgehead atoms. The van der Waals surface area contributed by atoms with E-state index in [0.717, 1.165) is 6.42 Å². The molecular weight excluding hydrogens is 221 g/mol. The molecule has 74 valence electrons. The molecule has 0 rings (SSSR count). The first kappa shape index (κ1) is 14.7. The van der Waals surface area contributed by atoms with Gasteiger partial charge in [-0.15, -0.1) is 0 Å². The maximum absolute atomic E-state index is 9.16. The lowest BCUT2D eigenvalue weighted by molar-refractivity contribution is 0.513.